The van der Waals surface area contributed by atoms with Crippen LogP contribution in [-0.4, -0.2) is 26.2 Å². The molecule has 0 bridgehead atoms. The minimum absolute atomic E-state index is 0.0456. The first-order valence-electron chi connectivity index (χ1n) is 6.79. The third-order valence-corrected chi connectivity index (χ3v) is 4.22. The maximum atomic E-state index is 12.4. The number of carbonyl (C=O) groups is 1. The van der Waals surface area contributed by atoms with E-state index in [1.165, 1.54) is 30.3 Å². The van der Waals surface area contributed by atoms with Gasteiger partial charge < -0.3 is 8.92 Å². The average Bonchev–Trinajstić information content (AvgIpc) is 2.56. The van der Waals surface area contributed by atoms with Crippen LogP contribution < -0.4 is 8.92 Å². The zero-order chi connectivity index (χ0) is 17.7. The third kappa shape index (κ3) is 3.69. The van der Waals surface area contributed by atoms with Crippen molar-refractivity contribution in [3.8, 4) is 11.5 Å². The minimum Gasteiger partial charge on any atom is -0.490 e. The van der Waals surface area contributed by atoms with Crippen molar-refractivity contribution in [1.82, 2.24) is 0 Å². The molecule has 0 saturated heterocycles. The Balaban J connectivity index is 2.47. The normalized spacial score (nSPS) is 10.9. The summed E-state index contributed by atoms with van der Waals surface area (Å²) in [4.78, 5) is 20.4. The molecule has 0 saturated carbocycles. The van der Waals surface area contributed by atoms with Crippen molar-refractivity contribution in [2.24, 2.45) is 0 Å². The summed E-state index contributed by atoms with van der Waals surface area (Å²) in [7, 11) is -4.46. The molecule has 126 valence electrons. The molecule has 24 heavy (non-hydrogen) atoms. The van der Waals surface area contributed by atoms with E-state index in [4.69, 9.17) is 8.92 Å². The molecule has 8 nitrogen and oxygen atoms in total. The van der Waals surface area contributed by atoms with Crippen LogP contribution >= 0.6 is 0 Å². The van der Waals surface area contributed by atoms with Crippen LogP contribution in [0, 0.1) is 10.1 Å². The summed E-state index contributed by atoms with van der Waals surface area (Å²) in [6.45, 7) is 1.89. The lowest BCUT2D eigenvalue weighted by molar-refractivity contribution is -0.387. The smallest absolute Gasteiger partial charge is 0.346 e. The van der Waals surface area contributed by atoms with Gasteiger partial charge in [0.15, 0.2) is 16.4 Å². The molecule has 2 aromatic rings. The Hall–Kier alpha value is -2.94. The largest absolute Gasteiger partial charge is 0.490 e. The van der Waals surface area contributed by atoms with E-state index in [1.54, 1.807) is 6.92 Å². The van der Waals surface area contributed by atoms with Crippen molar-refractivity contribution < 1.29 is 27.1 Å². The highest BCUT2D eigenvalue weighted by molar-refractivity contribution is 7.87. The topological polar surface area (TPSA) is 113 Å². The van der Waals surface area contributed by atoms with E-state index in [0.29, 0.717) is 6.29 Å². The fourth-order valence-corrected chi connectivity index (χ4v) is 3.03. The molecule has 2 aromatic carbocycles. The van der Waals surface area contributed by atoms with Gasteiger partial charge in [0.1, 0.15) is 6.29 Å². The number of hydrogen-bond acceptors (Lipinski definition) is 7. The minimum atomic E-state index is -4.46. The first-order valence-corrected chi connectivity index (χ1v) is 8.19. The number of rotatable bonds is 7. The first kappa shape index (κ1) is 17.4. The molecule has 9 heteroatoms. The van der Waals surface area contributed by atoms with Crippen LogP contribution in [0.5, 0.6) is 11.5 Å². The predicted molar refractivity (Wildman–Crippen MR) is 83.9 cm³/mol. The zero-order valence-electron chi connectivity index (χ0n) is 12.5. The second-order valence-electron chi connectivity index (χ2n) is 4.52. The molecule has 0 radical (unpaired) electrons. The zero-order valence-corrected chi connectivity index (χ0v) is 13.4. The van der Waals surface area contributed by atoms with Crippen LogP contribution in [0.25, 0.3) is 0 Å². The second-order valence-corrected chi connectivity index (χ2v) is 6.03. The Morgan fingerprint density at radius 1 is 1.17 bits per heavy atom. The fraction of sp³-hybridized carbons (Fsp3) is 0.133. The Labute approximate surface area is 137 Å². The molecular formula is C15H13NO7S. The Morgan fingerprint density at radius 2 is 1.88 bits per heavy atom. The van der Waals surface area contributed by atoms with Gasteiger partial charge in [0.25, 0.3) is 5.69 Å². The fourth-order valence-electron chi connectivity index (χ4n) is 1.92. The summed E-state index contributed by atoms with van der Waals surface area (Å²) in [5.41, 5.74) is -0.325. The molecule has 0 amide bonds. The van der Waals surface area contributed by atoms with Crippen molar-refractivity contribution in [1.29, 1.82) is 0 Å². The molecule has 0 heterocycles. The maximum absolute atomic E-state index is 12.4. The van der Waals surface area contributed by atoms with E-state index in [-0.39, 0.29) is 23.7 Å². The molecule has 0 aromatic heterocycles. The number of aldehydes is 1. The van der Waals surface area contributed by atoms with Gasteiger partial charge in [0, 0.05) is 11.6 Å². The van der Waals surface area contributed by atoms with Crippen LogP contribution in [0.15, 0.2) is 47.4 Å². The molecule has 2 rings (SSSR count). The lowest BCUT2D eigenvalue weighted by atomic mass is 10.2. The van der Waals surface area contributed by atoms with Gasteiger partial charge in [-0.05, 0) is 31.2 Å². The molecule has 0 aliphatic rings. The van der Waals surface area contributed by atoms with E-state index in [0.717, 1.165) is 12.1 Å². The molecule has 0 N–H and O–H groups in total. The van der Waals surface area contributed by atoms with Gasteiger partial charge in [-0.2, -0.15) is 8.42 Å². The van der Waals surface area contributed by atoms with Gasteiger partial charge in [-0.3, -0.25) is 14.9 Å². The number of para-hydroxylation sites is 1. The number of nitro benzene ring substituents is 1. The SMILES string of the molecule is CCOc1cc(C=O)ccc1OS(=O)(=O)c1ccccc1[N+](=O)[O-]. The van der Waals surface area contributed by atoms with Gasteiger partial charge in [-0.1, -0.05) is 12.1 Å². The summed E-state index contributed by atoms with van der Waals surface area (Å²) in [5.74, 6) is -0.120. The number of carbonyl (C=O) groups excluding carboxylic acids is 1. The van der Waals surface area contributed by atoms with Crippen molar-refractivity contribution in [3.63, 3.8) is 0 Å². The van der Waals surface area contributed by atoms with E-state index in [2.05, 4.69) is 0 Å². The van der Waals surface area contributed by atoms with Gasteiger partial charge in [-0.15, -0.1) is 0 Å². The number of nitrogens with zero attached hydrogens (tertiary/aromatic N) is 1. The Bertz CT molecular complexity index is 877. The Kier molecular flexibility index (Phi) is 5.14. The van der Waals surface area contributed by atoms with E-state index in [1.807, 2.05) is 0 Å². The van der Waals surface area contributed by atoms with Crippen LogP contribution in [-0.2, 0) is 10.1 Å². The highest BCUT2D eigenvalue weighted by Gasteiger charge is 2.28. The molecule has 0 aliphatic carbocycles. The summed E-state index contributed by atoms with van der Waals surface area (Å²) in [6, 6.07) is 8.76. The van der Waals surface area contributed by atoms with Crippen molar-refractivity contribution in [3.05, 3.63) is 58.1 Å². The lowest BCUT2D eigenvalue weighted by Gasteiger charge is -2.12. The molecule has 0 aliphatic heterocycles. The van der Waals surface area contributed by atoms with Gasteiger partial charge in [-0.25, -0.2) is 0 Å². The maximum Gasteiger partial charge on any atom is 0.346 e. The molecular weight excluding hydrogens is 338 g/mol. The molecule has 0 unspecified atom stereocenters. The highest BCUT2D eigenvalue weighted by Crippen LogP contribution is 2.32. The Morgan fingerprint density at radius 3 is 2.50 bits per heavy atom. The van der Waals surface area contributed by atoms with Gasteiger partial charge in [0.2, 0.25) is 0 Å². The van der Waals surface area contributed by atoms with Crippen molar-refractivity contribution in [2.75, 3.05) is 6.61 Å². The summed E-state index contributed by atoms with van der Waals surface area (Å²) >= 11 is 0. The lowest BCUT2D eigenvalue weighted by Crippen LogP contribution is -2.13. The van der Waals surface area contributed by atoms with E-state index >= 15 is 0 Å². The van der Waals surface area contributed by atoms with Crippen molar-refractivity contribution >= 4 is 22.1 Å². The average molecular weight is 351 g/mol. The molecule has 0 atom stereocenters. The predicted octanol–water partition coefficient (Wildman–Crippen LogP) is 2.57. The van der Waals surface area contributed by atoms with Crippen LogP contribution in [0.4, 0.5) is 5.69 Å². The summed E-state index contributed by atoms with van der Waals surface area (Å²) < 4.78 is 35.0. The first-order chi connectivity index (χ1) is 11.4. The second kappa shape index (κ2) is 7.09. The summed E-state index contributed by atoms with van der Waals surface area (Å²) in [5, 5.41) is 11.0. The van der Waals surface area contributed by atoms with Gasteiger partial charge >= 0.3 is 10.1 Å². The molecule has 0 spiro atoms. The third-order valence-electron chi connectivity index (χ3n) is 2.93. The van der Waals surface area contributed by atoms with Gasteiger partial charge in [0.05, 0.1) is 11.5 Å². The van der Waals surface area contributed by atoms with E-state index < -0.39 is 25.6 Å². The molecule has 0 fully saturated rings. The van der Waals surface area contributed by atoms with Crippen LogP contribution in [0.2, 0.25) is 0 Å². The number of ether oxygens (including phenoxy) is 1. The van der Waals surface area contributed by atoms with Crippen LogP contribution in [0.1, 0.15) is 17.3 Å². The van der Waals surface area contributed by atoms with E-state index in [9.17, 15) is 23.3 Å². The van der Waals surface area contributed by atoms with Crippen LogP contribution in [0.3, 0.4) is 0 Å². The quantitative estimate of drug-likeness (QED) is 0.326. The number of hydrogen-bond donors (Lipinski definition) is 0. The highest BCUT2D eigenvalue weighted by atomic mass is 32.2. The summed E-state index contributed by atoms with van der Waals surface area (Å²) in [6.07, 6.45) is 0.572. The monoisotopic (exact) mass is 351 g/mol. The standard InChI is InChI=1S/C15H13NO7S/c1-2-22-14-9-11(10-17)7-8-13(14)23-24(20,21)15-6-4-3-5-12(15)16(18)19/h3-10H,2H2,1H3. The number of benzene rings is 2. The number of nitro groups is 1. The van der Waals surface area contributed by atoms with Crippen molar-refractivity contribution in [2.45, 2.75) is 11.8 Å².